The number of anilines is 1. The molecule has 5 rings (SSSR count). The van der Waals surface area contributed by atoms with Gasteiger partial charge in [-0.3, -0.25) is 4.90 Å². The fourth-order valence-corrected chi connectivity index (χ4v) is 5.49. The van der Waals surface area contributed by atoms with Gasteiger partial charge in [0.15, 0.2) is 11.5 Å². The lowest BCUT2D eigenvalue weighted by molar-refractivity contribution is 0.0687. The molecule has 0 saturated heterocycles. The molecule has 0 spiro atoms. The lowest BCUT2D eigenvalue weighted by atomic mass is 10.0. The predicted molar refractivity (Wildman–Crippen MR) is 156 cm³/mol. The van der Waals surface area contributed by atoms with E-state index in [1.807, 2.05) is 37.3 Å². The molecule has 0 fully saturated rings. The van der Waals surface area contributed by atoms with E-state index in [1.54, 1.807) is 35.9 Å². The number of methoxy groups -OCH3 is 2. The SMILES string of the molecule is CCCCN(C(N)=O)c1ccc2c(c1)c(-c1ccc(OC)c(OC)c1)c(C(=O)O)n2Cc1ccc2nsnc2c1. The number of benzene rings is 3. The van der Waals surface area contributed by atoms with Crippen molar-refractivity contribution in [3.8, 4) is 22.6 Å². The smallest absolute Gasteiger partial charge is 0.353 e. The number of primary amides is 1. The van der Waals surface area contributed by atoms with Gasteiger partial charge in [-0.2, -0.15) is 8.75 Å². The maximum atomic E-state index is 12.9. The van der Waals surface area contributed by atoms with Crippen LogP contribution in [0.15, 0.2) is 54.6 Å². The molecule has 2 heterocycles. The highest BCUT2D eigenvalue weighted by molar-refractivity contribution is 7.00. The summed E-state index contributed by atoms with van der Waals surface area (Å²) in [6.45, 7) is 2.78. The van der Waals surface area contributed by atoms with Crippen molar-refractivity contribution in [2.75, 3.05) is 25.7 Å². The van der Waals surface area contributed by atoms with Gasteiger partial charge in [0.1, 0.15) is 16.7 Å². The first-order valence-electron chi connectivity index (χ1n) is 12.8. The van der Waals surface area contributed by atoms with Crippen molar-refractivity contribution in [3.63, 3.8) is 0 Å². The molecule has 0 saturated carbocycles. The van der Waals surface area contributed by atoms with Gasteiger partial charge in [0.25, 0.3) is 0 Å². The van der Waals surface area contributed by atoms with Gasteiger partial charge in [-0.25, -0.2) is 9.59 Å². The zero-order valence-corrected chi connectivity index (χ0v) is 23.2. The number of nitrogens with zero attached hydrogens (tertiary/aromatic N) is 4. The Hall–Kier alpha value is -4.64. The van der Waals surface area contributed by atoms with Crippen LogP contribution in [-0.2, 0) is 6.54 Å². The summed E-state index contributed by atoms with van der Waals surface area (Å²) in [6.07, 6.45) is 1.67. The highest BCUT2D eigenvalue weighted by Gasteiger charge is 2.26. The number of hydrogen-bond acceptors (Lipinski definition) is 7. The summed E-state index contributed by atoms with van der Waals surface area (Å²) < 4.78 is 21.3. The minimum atomic E-state index is -1.09. The van der Waals surface area contributed by atoms with Crippen LogP contribution in [0.2, 0.25) is 0 Å². The fourth-order valence-electron chi connectivity index (χ4n) is 4.97. The fraction of sp³-hybridized carbons (Fsp3) is 0.241. The van der Waals surface area contributed by atoms with Crippen molar-refractivity contribution in [2.45, 2.75) is 26.3 Å². The quantitative estimate of drug-likeness (QED) is 0.222. The Labute approximate surface area is 234 Å². The normalized spacial score (nSPS) is 11.2. The van der Waals surface area contributed by atoms with Crippen LogP contribution in [0.4, 0.5) is 10.5 Å². The lowest BCUT2D eigenvalue weighted by Gasteiger charge is -2.20. The number of rotatable bonds is 10. The number of aromatic carboxylic acids is 1. The number of hydrogen-bond donors (Lipinski definition) is 2. The molecule has 0 atom stereocenters. The standard InChI is InChI=1S/C29H29N5O5S/c1-4-5-12-33(29(30)37)19-8-10-23-20(15-19)26(18-7-11-24(38-2)25(14-18)39-3)27(28(35)36)34(23)16-17-6-9-21-22(13-17)32-40-31-21/h6-11,13-15H,4-5,12,16H2,1-3H3,(H2,30,37)(H,35,36). The molecular weight excluding hydrogens is 530 g/mol. The number of carbonyl (C=O) groups excluding carboxylic acids is 1. The number of carboxylic acids is 1. The average Bonchev–Trinajstić information content (AvgIpc) is 3.55. The Kier molecular flexibility index (Phi) is 7.56. The molecule has 40 heavy (non-hydrogen) atoms. The molecule has 0 unspecified atom stereocenters. The maximum absolute atomic E-state index is 12.9. The van der Waals surface area contributed by atoms with Crippen LogP contribution >= 0.6 is 11.7 Å². The van der Waals surface area contributed by atoms with E-state index in [4.69, 9.17) is 15.2 Å². The summed E-state index contributed by atoms with van der Waals surface area (Å²) in [4.78, 5) is 26.8. The summed E-state index contributed by atoms with van der Waals surface area (Å²) in [5, 5.41) is 11.2. The van der Waals surface area contributed by atoms with Crippen molar-refractivity contribution in [2.24, 2.45) is 5.73 Å². The van der Waals surface area contributed by atoms with E-state index < -0.39 is 12.0 Å². The number of aromatic nitrogens is 3. The summed E-state index contributed by atoms with van der Waals surface area (Å²) in [5.74, 6) is -0.0922. The zero-order valence-electron chi connectivity index (χ0n) is 22.4. The van der Waals surface area contributed by atoms with Crippen LogP contribution in [-0.4, -0.2) is 51.2 Å². The molecule has 0 aliphatic heterocycles. The molecule has 206 valence electrons. The number of nitrogens with two attached hydrogens (primary N) is 1. The summed E-state index contributed by atoms with van der Waals surface area (Å²) in [5.41, 5.74) is 10.7. The number of fused-ring (bicyclic) bond motifs is 2. The molecule has 0 aliphatic rings. The van der Waals surface area contributed by atoms with Gasteiger partial charge >= 0.3 is 12.0 Å². The lowest BCUT2D eigenvalue weighted by Crippen LogP contribution is -2.36. The largest absolute Gasteiger partial charge is 0.493 e. The first kappa shape index (κ1) is 26.9. The number of carboxylic acid groups (broad SMARTS) is 1. The molecule has 11 heteroatoms. The van der Waals surface area contributed by atoms with Crippen LogP contribution in [0.25, 0.3) is 33.1 Å². The summed E-state index contributed by atoms with van der Waals surface area (Å²) in [6, 6.07) is 15.9. The highest BCUT2D eigenvalue weighted by Crippen LogP contribution is 2.41. The minimum Gasteiger partial charge on any atom is -0.493 e. The number of urea groups is 1. The van der Waals surface area contributed by atoms with Crippen molar-refractivity contribution in [1.29, 1.82) is 0 Å². The molecule has 3 N–H and O–H groups in total. The molecule has 0 aliphatic carbocycles. The third kappa shape index (κ3) is 4.91. The molecule has 3 aromatic carbocycles. The monoisotopic (exact) mass is 559 g/mol. The van der Waals surface area contributed by atoms with Crippen molar-refractivity contribution < 1.29 is 24.2 Å². The summed E-state index contributed by atoms with van der Waals surface area (Å²) in [7, 11) is 3.07. The Morgan fingerprint density at radius 3 is 2.48 bits per heavy atom. The number of amides is 2. The van der Waals surface area contributed by atoms with Crippen LogP contribution in [0, 0.1) is 0 Å². The maximum Gasteiger partial charge on any atom is 0.353 e. The highest BCUT2D eigenvalue weighted by atomic mass is 32.1. The first-order chi connectivity index (χ1) is 19.4. The zero-order chi connectivity index (χ0) is 28.4. The first-order valence-corrected chi connectivity index (χ1v) is 13.5. The van der Waals surface area contributed by atoms with E-state index in [0.29, 0.717) is 45.8 Å². The average molecular weight is 560 g/mol. The Balaban J connectivity index is 1.77. The predicted octanol–water partition coefficient (Wildman–Crippen LogP) is 5.76. The molecule has 10 nitrogen and oxygen atoms in total. The second-order valence-electron chi connectivity index (χ2n) is 9.32. The van der Waals surface area contributed by atoms with Crippen LogP contribution in [0.1, 0.15) is 35.8 Å². The molecular formula is C29H29N5O5S. The van der Waals surface area contributed by atoms with Crippen molar-refractivity contribution in [1.82, 2.24) is 13.3 Å². The van der Waals surface area contributed by atoms with E-state index in [2.05, 4.69) is 8.75 Å². The summed E-state index contributed by atoms with van der Waals surface area (Å²) >= 11 is 1.13. The molecule has 0 bridgehead atoms. The van der Waals surface area contributed by atoms with Gasteiger partial charge in [0.2, 0.25) is 0 Å². The van der Waals surface area contributed by atoms with E-state index in [9.17, 15) is 14.7 Å². The van der Waals surface area contributed by atoms with Gasteiger partial charge in [-0.15, -0.1) is 0 Å². The van der Waals surface area contributed by atoms with E-state index in [-0.39, 0.29) is 12.2 Å². The van der Waals surface area contributed by atoms with Gasteiger partial charge in [-0.05, 0) is 60.0 Å². The van der Waals surface area contributed by atoms with E-state index in [0.717, 1.165) is 41.2 Å². The van der Waals surface area contributed by atoms with E-state index >= 15 is 0 Å². The molecule has 2 amide bonds. The third-order valence-corrected chi connectivity index (χ3v) is 7.45. The van der Waals surface area contributed by atoms with Crippen molar-refractivity contribution >= 4 is 51.4 Å². The second kappa shape index (κ2) is 11.2. The number of carbonyl (C=O) groups is 2. The Morgan fingerprint density at radius 2 is 1.77 bits per heavy atom. The van der Waals surface area contributed by atoms with Crippen LogP contribution < -0.4 is 20.1 Å². The van der Waals surface area contributed by atoms with Crippen molar-refractivity contribution in [3.05, 3.63) is 65.9 Å². The van der Waals surface area contributed by atoms with E-state index in [1.165, 1.54) is 12.0 Å². The Bertz CT molecular complexity index is 1730. The minimum absolute atomic E-state index is 0.107. The van der Waals surface area contributed by atoms with Crippen LogP contribution in [0.3, 0.4) is 0 Å². The second-order valence-corrected chi connectivity index (χ2v) is 9.85. The number of ether oxygens (including phenoxy) is 2. The third-order valence-electron chi connectivity index (χ3n) is 6.89. The van der Waals surface area contributed by atoms with Gasteiger partial charge in [-0.1, -0.05) is 25.5 Å². The van der Waals surface area contributed by atoms with Crippen LogP contribution in [0.5, 0.6) is 11.5 Å². The molecule has 5 aromatic rings. The van der Waals surface area contributed by atoms with Gasteiger partial charge in [0, 0.05) is 35.2 Å². The van der Waals surface area contributed by atoms with Gasteiger partial charge in [0.05, 0.1) is 25.9 Å². The molecule has 2 aromatic heterocycles. The topological polar surface area (TPSA) is 133 Å². The molecule has 0 radical (unpaired) electrons. The Morgan fingerprint density at radius 1 is 1.00 bits per heavy atom. The van der Waals surface area contributed by atoms with Gasteiger partial charge < -0.3 is 24.9 Å². The number of unbranched alkanes of at least 4 members (excludes halogenated alkanes) is 1.